The van der Waals surface area contributed by atoms with Gasteiger partial charge in [0.1, 0.15) is 11.3 Å². The number of carbonyl (C=O) groups is 1. The monoisotopic (exact) mass is 356 g/mol. The minimum atomic E-state index is -0.203. The minimum absolute atomic E-state index is 0.203. The van der Waals surface area contributed by atoms with Crippen LogP contribution < -0.4 is 4.74 Å². The van der Waals surface area contributed by atoms with Crippen molar-refractivity contribution in [2.45, 2.75) is 0 Å². The lowest BCUT2D eigenvalue weighted by atomic mass is 10.0. The Balaban J connectivity index is 1.83. The molecule has 0 aliphatic rings. The fourth-order valence-corrected chi connectivity index (χ4v) is 2.73. The number of oxazole rings is 1. The Morgan fingerprint density at radius 3 is 2.56 bits per heavy atom. The Kier molecular flexibility index (Phi) is 4.49. The molecule has 0 bridgehead atoms. The summed E-state index contributed by atoms with van der Waals surface area (Å²) < 4.78 is 11.0. The molecule has 0 saturated heterocycles. The van der Waals surface area contributed by atoms with Gasteiger partial charge in [-0.05, 0) is 48.0 Å². The first-order valence-electron chi connectivity index (χ1n) is 8.41. The number of rotatable bonds is 5. The van der Waals surface area contributed by atoms with Gasteiger partial charge in [-0.25, -0.2) is 4.98 Å². The molecule has 0 aliphatic carbocycles. The first kappa shape index (κ1) is 16.7. The van der Waals surface area contributed by atoms with E-state index in [1.807, 2.05) is 48.5 Å². The fourth-order valence-electron chi connectivity index (χ4n) is 2.73. The minimum Gasteiger partial charge on any atom is -0.497 e. The summed E-state index contributed by atoms with van der Waals surface area (Å²) in [4.78, 5) is 21.6. The molecule has 0 saturated carbocycles. The Morgan fingerprint density at radius 2 is 1.85 bits per heavy atom. The summed E-state index contributed by atoms with van der Waals surface area (Å²) in [5.41, 5.74) is 3.01. The average Bonchev–Trinajstić information content (AvgIpc) is 3.16. The predicted molar refractivity (Wildman–Crippen MR) is 103 cm³/mol. The quantitative estimate of drug-likeness (QED) is 0.384. The van der Waals surface area contributed by atoms with Crippen LogP contribution in [0.25, 0.3) is 22.7 Å². The maximum Gasteiger partial charge on any atom is 0.231 e. The molecule has 0 atom stereocenters. The number of aromatic nitrogens is 2. The summed E-state index contributed by atoms with van der Waals surface area (Å²) in [5, 5.41) is 0. The van der Waals surface area contributed by atoms with Gasteiger partial charge in [0, 0.05) is 18.0 Å². The summed E-state index contributed by atoms with van der Waals surface area (Å²) in [6, 6.07) is 18.3. The first-order valence-corrected chi connectivity index (χ1v) is 8.41. The number of allylic oxidation sites excluding steroid dienone is 1. The highest BCUT2D eigenvalue weighted by molar-refractivity contribution is 6.31. The van der Waals surface area contributed by atoms with Crippen LogP contribution in [0.1, 0.15) is 21.8 Å². The summed E-state index contributed by atoms with van der Waals surface area (Å²) in [6.45, 7) is 0. The van der Waals surface area contributed by atoms with Gasteiger partial charge >= 0.3 is 0 Å². The van der Waals surface area contributed by atoms with E-state index >= 15 is 0 Å². The molecule has 0 unspecified atom stereocenters. The zero-order valence-corrected chi connectivity index (χ0v) is 14.6. The van der Waals surface area contributed by atoms with Crippen molar-refractivity contribution in [1.29, 1.82) is 0 Å². The van der Waals surface area contributed by atoms with E-state index in [-0.39, 0.29) is 11.7 Å². The van der Waals surface area contributed by atoms with Gasteiger partial charge in [-0.1, -0.05) is 24.3 Å². The van der Waals surface area contributed by atoms with Crippen molar-refractivity contribution in [3.8, 4) is 5.75 Å². The van der Waals surface area contributed by atoms with Crippen molar-refractivity contribution in [3.05, 3.63) is 90.1 Å². The van der Waals surface area contributed by atoms with Crippen LogP contribution in [-0.4, -0.2) is 22.9 Å². The second kappa shape index (κ2) is 7.25. The van der Waals surface area contributed by atoms with E-state index in [0.29, 0.717) is 22.2 Å². The number of fused-ring (bicyclic) bond motifs is 1. The summed E-state index contributed by atoms with van der Waals surface area (Å²) in [5.74, 6) is 0.820. The van der Waals surface area contributed by atoms with E-state index in [1.54, 1.807) is 31.5 Å². The van der Waals surface area contributed by atoms with E-state index in [0.717, 1.165) is 11.3 Å². The van der Waals surface area contributed by atoms with Crippen molar-refractivity contribution >= 4 is 28.5 Å². The van der Waals surface area contributed by atoms with Gasteiger partial charge in [-0.2, -0.15) is 0 Å². The number of hydrogen-bond acceptors (Lipinski definition) is 5. The number of carbonyl (C=O) groups excluding carboxylic acids is 1. The molecule has 2 aromatic heterocycles. The maximum absolute atomic E-state index is 13.1. The Hall–Kier alpha value is -3.73. The molecule has 4 rings (SSSR count). The van der Waals surface area contributed by atoms with Crippen molar-refractivity contribution in [1.82, 2.24) is 9.97 Å². The number of nitrogens with zero attached hydrogens (tertiary/aromatic N) is 2. The molecule has 0 aliphatic heterocycles. The van der Waals surface area contributed by atoms with Gasteiger partial charge in [0.05, 0.1) is 12.7 Å². The van der Waals surface area contributed by atoms with E-state index < -0.39 is 0 Å². The van der Waals surface area contributed by atoms with Gasteiger partial charge < -0.3 is 9.15 Å². The third kappa shape index (κ3) is 3.48. The van der Waals surface area contributed by atoms with E-state index in [2.05, 4.69) is 9.97 Å². The number of ketones is 1. The number of methoxy groups -OCH3 is 1. The largest absolute Gasteiger partial charge is 0.497 e. The number of pyridine rings is 1. The molecular weight excluding hydrogens is 340 g/mol. The fraction of sp³-hybridized carbons (Fsp3) is 0.0455. The third-order valence-corrected chi connectivity index (χ3v) is 4.12. The molecule has 27 heavy (non-hydrogen) atoms. The van der Waals surface area contributed by atoms with Crippen LogP contribution in [0.5, 0.6) is 5.75 Å². The second-order valence-corrected chi connectivity index (χ2v) is 5.89. The summed E-state index contributed by atoms with van der Waals surface area (Å²) in [6.07, 6.45) is 4.93. The number of Topliss-reactive ketones (excluding diaryl/α,β-unsaturated/α-hetero) is 1. The summed E-state index contributed by atoms with van der Waals surface area (Å²) in [7, 11) is 1.61. The SMILES string of the molecule is COc1ccc(/C=C(\C(=O)c2cccnc2)c2nc3ccccc3o2)cc1. The Labute approximate surface area is 156 Å². The van der Waals surface area contributed by atoms with Crippen LogP contribution in [0.4, 0.5) is 0 Å². The molecule has 5 heteroatoms. The Bertz CT molecular complexity index is 1080. The van der Waals surface area contributed by atoms with E-state index in [9.17, 15) is 4.79 Å². The highest BCUT2D eigenvalue weighted by Crippen LogP contribution is 2.26. The lowest BCUT2D eigenvalue weighted by Gasteiger charge is -2.04. The van der Waals surface area contributed by atoms with Crippen LogP contribution in [0, 0.1) is 0 Å². The standard InChI is InChI=1S/C22H16N2O3/c1-26-17-10-8-15(9-11-17)13-18(21(25)16-5-4-12-23-14-16)22-24-19-6-2-3-7-20(19)27-22/h2-14H,1H3/b18-13+. The lowest BCUT2D eigenvalue weighted by Crippen LogP contribution is -2.03. The predicted octanol–water partition coefficient (Wildman–Crippen LogP) is 4.65. The van der Waals surface area contributed by atoms with Crippen molar-refractivity contribution in [3.63, 3.8) is 0 Å². The molecule has 0 fully saturated rings. The number of hydrogen-bond donors (Lipinski definition) is 0. The molecular formula is C22H16N2O3. The van der Waals surface area contributed by atoms with Gasteiger partial charge in [0.15, 0.2) is 11.4 Å². The van der Waals surface area contributed by atoms with Crippen LogP contribution in [0.3, 0.4) is 0 Å². The zero-order chi connectivity index (χ0) is 18.6. The summed E-state index contributed by atoms with van der Waals surface area (Å²) >= 11 is 0. The topological polar surface area (TPSA) is 65.2 Å². The Morgan fingerprint density at radius 1 is 1.04 bits per heavy atom. The number of ether oxygens (including phenoxy) is 1. The average molecular weight is 356 g/mol. The van der Waals surface area contributed by atoms with Crippen molar-refractivity contribution in [2.75, 3.05) is 7.11 Å². The zero-order valence-electron chi connectivity index (χ0n) is 14.6. The normalized spacial score (nSPS) is 11.5. The molecule has 5 nitrogen and oxygen atoms in total. The third-order valence-electron chi connectivity index (χ3n) is 4.12. The number of para-hydroxylation sites is 2. The molecule has 0 radical (unpaired) electrons. The van der Waals surface area contributed by atoms with E-state index in [4.69, 9.17) is 9.15 Å². The second-order valence-electron chi connectivity index (χ2n) is 5.89. The molecule has 0 spiro atoms. The highest BCUT2D eigenvalue weighted by atomic mass is 16.5. The first-order chi connectivity index (χ1) is 13.2. The van der Waals surface area contributed by atoms with Crippen LogP contribution in [-0.2, 0) is 0 Å². The molecule has 2 heterocycles. The highest BCUT2D eigenvalue weighted by Gasteiger charge is 2.20. The van der Waals surface area contributed by atoms with Crippen molar-refractivity contribution in [2.24, 2.45) is 0 Å². The molecule has 2 aromatic carbocycles. The van der Waals surface area contributed by atoms with Crippen molar-refractivity contribution < 1.29 is 13.9 Å². The van der Waals surface area contributed by atoms with Gasteiger partial charge in [0.2, 0.25) is 5.89 Å². The molecule has 4 aromatic rings. The molecule has 0 amide bonds. The van der Waals surface area contributed by atoms with Gasteiger partial charge in [-0.3, -0.25) is 9.78 Å². The van der Waals surface area contributed by atoms with Gasteiger partial charge in [0.25, 0.3) is 0 Å². The van der Waals surface area contributed by atoms with Gasteiger partial charge in [-0.15, -0.1) is 0 Å². The van der Waals surface area contributed by atoms with Crippen LogP contribution >= 0.6 is 0 Å². The number of benzene rings is 2. The molecule has 0 N–H and O–H groups in total. The van der Waals surface area contributed by atoms with Crippen LogP contribution in [0.15, 0.2) is 77.5 Å². The lowest BCUT2D eigenvalue weighted by molar-refractivity contribution is 0.105. The van der Waals surface area contributed by atoms with E-state index in [1.165, 1.54) is 6.20 Å². The maximum atomic E-state index is 13.1. The molecule has 132 valence electrons. The van der Waals surface area contributed by atoms with Crippen LogP contribution in [0.2, 0.25) is 0 Å². The smallest absolute Gasteiger partial charge is 0.231 e.